The molecule has 0 saturated heterocycles. The number of thiophene rings is 1. The molecular weight excluding hydrogens is 352 g/mol. The highest BCUT2D eigenvalue weighted by molar-refractivity contribution is 7.10. The standard InChI is InChI=1S/C24H32O2S/c1-14-11-15-12-16(25)6-8-23(15,2)17-7-9-24(3)18(21(14)17)13-19(26)22(24)20-5-4-10-27-20/h4-5,10-11,14,16-18,21-22,25H,6-9,12-13H2,1-3H3/t14?,16?,17-,18+,21-,22?,23+,24+/m1/s1. The zero-order valence-electron chi connectivity index (χ0n) is 16.8. The molecule has 1 aromatic rings. The van der Waals surface area contributed by atoms with Crippen LogP contribution in [-0.2, 0) is 4.79 Å². The summed E-state index contributed by atoms with van der Waals surface area (Å²) >= 11 is 1.77. The molecule has 0 bridgehead atoms. The zero-order valence-corrected chi connectivity index (χ0v) is 17.6. The summed E-state index contributed by atoms with van der Waals surface area (Å²) in [5.74, 6) is 2.91. The zero-order chi connectivity index (χ0) is 19.0. The van der Waals surface area contributed by atoms with Gasteiger partial charge in [-0.05, 0) is 78.1 Å². The number of hydrogen-bond acceptors (Lipinski definition) is 3. The topological polar surface area (TPSA) is 37.3 Å². The first-order chi connectivity index (χ1) is 12.8. The van der Waals surface area contributed by atoms with Crippen LogP contribution in [0.2, 0.25) is 0 Å². The monoisotopic (exact) mass is 384 g/mol. The lowest BCUT2D eigenvalue weighted by atomic mass is 9.45. The highest BCUT2D eigenvalue weighted by Gasteiger charge is 2.62. The van der Waals surface area contributed by atoms with Gasteiger partial charge in [0.25, 0.3) is 0 Å². The maximum absolute atomic E-state index is 13.2. The number of aliphatic hydroxyl groups excluding tert-OH is 1. The van der Waals surface area contributed by atoms with Crippen molar-refractivity contribution in [2.45, 2.75) is 71.3 Å². The smallest absolute Gasteiger partial charge is 0.142 e. The molecule has 1 aromatic heterocycles. The minimum absolute atomic E-state index is 0.113. The van der Waals surface area contributed by atoms with E-state index >= 15 is 0 Å². The highest BCUT2D eigenvalue weighted by atomic mass is 32.1. The Morgan fingerprint density at radius 2 is 1.96 bits per heavy atom. The van der Waals surface area contributed by atoms with Gasteiger partial charge in [-0.15, -0.1) is 11.3 Å². The molecule has 4 aliphatic rings. The lowest BCUT2D eigenvalue weighted by Crippen LogP contribution is -2.52. The van der Waals surface area contributed by atoms with Crippen molar-refractivity contribution in [1.82, 2.24) is 0 Å². The van der Waals surface area contributed by atoms with Crippen LogP contribution in [0, 0.1) is 34.5 Å². The fourth-order valence-corrected chi connectivity index (χ4v) is 8.74. The van der Waals surface area contributed by atoms with E-state index in [1.165, 1.54) is 23.3 Å². The number of allylic oxidation sites excluding steroid dienone is 1. The summed E-state index contributed by atoms with van der Waals surface area (Å²) < 4.78 is 0. The van der Waals surface area contributed by atoms with Gasteiger partial charge in [0.15, 0.2) is 0 Å². The van der Waals surface area contributed by atoms with Gasteiger partial charge in [0.2, 0.25) is 0 Å². The van der Waals surface area contributed by atoms with Crippen LogP contribution in [0.1, 0.15) is 70.1 Å². The fraction of sp³-hybridized carbons (Fsp3) is 0.708. The molecule has 0 aliphatic heterocycles. The molecule has 0 amide bonds. The molecule has 0 spiro atoms. The molecule has 3 heteroatoms. The number of Topliss-reactive ketones (excluding diaryl/α,β-unsaturated/α-hetero) is 1. The average molecular weight is 385 g/mol. The molecule has 3 saturated carbocycles. The highest BCUT2D eigenvalue weighted by Crippen LogP contribution is 2.68. The lowest BCUT2D eigenvalue weighted by molar-refractivity contribution is -0.119. The number of carbonyl (C=O) groups is 1. The largest absolute Gasteiger partial charge is 0.393 e. The molecule has 8 atom stereocenters. The van der Waals surface area contributed by atoms with Crippen molar-refractivity contribution in [2.24, 2.45) is 34.5 Å². The Balaban J connectivity index is 1.55. The predicted molar refractivity (Wildman–Crippen MR) is 110 cm³/mol. The lowest BCUT2D eigenvalue weighted by Gasteiger charge is -2.59. The van der Waals surface area contributed by atoms with Crippen molar-refractivity contribution in [3.05, 3.63) is 34.0 Å². The van der Waals surface area contributed by atoms with Crippen molar-refractivity contribution in [3.8, 4) is 0 Å². The maximum atomic E-state index is 13.2. The van der Waals surface area contributed by atoms with E-state index in [-0.39, 0.29) is 22.9 Å². The first kappa shape index (κ1) is 18.1. The maximum Gasteiger partial charge on any atom is 0.142 e. The number of hydrogen-bond donors (Lipinski definition) is 1. The number of ketones is 1. The second-order valence-electron chi connectivity index (χ2n) is 10.3. The summed E-state index contributed by atoms with van der Waals surface area (Å²) in [6, 6.07) is 4.28. The fourth-order valence-electron chi connectivity index (χ4n) is 7.74. The van der Waals surface area contributed by atoms with Crippen LogP contribution in [0.5, 0.6) is 0 Å². The van der Waals surface area contributed by atoms with Gasteiger partial charge >= 0.3 is 0 Å². The van der Waals surface area contributed by atoms with Gasteiger partial charge in [-0.1, -0.05) is 38.5 Å². The number of aliphatic hydroxyl groups is 1. The molecule has 0 aromatic carbocycles. The summed E-state index contributed by atoms with van der Waals surface area (Å²) in [6.07, 6.45) is 8.43. The molecule has 3 unspecified atom stereocenters. The third-order valence-corrected chi connectivity index (χ3v) is 10.0. The Morgan fingerprint density at radius 3 is 2.70 bits per heavy atom. The van der Waals surface area contributed by atoms with Crippen molar-refractivity contribution < 1.29 is 9.90 Å². The Labute approximate surface area is 167 Å². The van der Waals surface area contributed by atoms with Crippen molar-refractivity contribution in [3.63, 3.8) is 0 Å². The predicted octanol–water partition coefficient (Wildman–Crippen LogP) is 5.58. The van der Waals surface area contributed by atoms with Crippen LogP contribution in [0.25, 0.3) is 0 Å². The van der Waals surface area contributed by atoms with E-state index in [2.05, 4.69) is 44.4 Å². The average Bonchev–Trinajstić information content (AvgIpc) is 3.21. The van der Waals surface area contributed by atoms with Gasteiger partial charge in [-0.25, -0.2) is 0 Å². The van der Waals surface area contributed by atoms with Crippen LogP contribution in [0.4, 0.5) is 0 Å². The van der Waals surface area contributed by atoms with E-state index < -0.39 is 0 Å². The van der Waals surface area contributed by atoms with Gasteiger partial charge < -0.3 is 5.11 Å². The number of rotatable bonds is 1. The van der Waals surface area contributed by atoms with Crippen molar-refractivity contribution in [1.29, 1.82) is 0 Å². The molecule has 2 nitrogen and oxygen atoms in total. The van der Waals surface area contributed by atoms with Gasteiger partial charge in [-0.2, -0.15) is 0 Å². The molecule has 27 heavy (non-hydrogen) atoms. The van der Waals surface area contributed by atoms with E-state index in [1.807, 2.05) is 0 Å². The Morgan fingerprint density at radius 1 is 1.15 bits per heavy atom. The molecule has 1 N–H and O–H groups in total. The first-order valence-corrected chi connectivity index (χ1v) is 11.7. The van der Waals surface area contributed by atoms with Crippen molar-refractivity contribution >= 4 is 17.1 Å². The Kier molecular flexibility index (Phi) is 4.05. The van der Waals surface area contributed by atoms with Gasteiger partial charge in [0.05, 0.1) is 12.0 Å². The summed E-state index contributed by atoms with van der Waals surface area (Å²) in [5.41, 5.74) is 1.87. The molecule has 146 valence electrons. The van der Waals surface area contributed by atoms with E-state index in [4.69, 9.17) is 0 Å². The van der Waals surface area contributed by atoms with Crippen molar-refractivity contribution in [2.75, 3.05) is 0 Å². The molecular formula is C24H32O2S. The number of carbonyl (C=O) groups excluding carboxylic acids is 1. The van der Waals surface area contributed by atoms with Gasteiger partial charge in [-0.3, -0.25) is 4.79 Å². The van der Waals surface area contributed by atoms with Crippen LogP contribution in [0.3, 0.4) is 0 Å². The third kappa shape index (κ3) is 2.43. The molecule has 3 fully saturated rings. The summed E-state index contributed by atoms with van der Waals surface area (Å²) in [5, 5.41) is 12.3. The molecule has 1 heterocycles. The quantitative estimate of drug-likeness (QED) is 0.642. The van der Waals surface area contributed by atoms with Crippen LogP contribution in [-0.4, -0.2) is 17.0 Å². The normalized spacial score (nSPS) is 49.2. The van der Waals surface area contributed by atoms with Crippen LogP contribution in [0.15, 0.2) is 29.2 Å². The van der Waals surface area contributed by atoms with Crippen LogP contribution < -0.4 is 0 Å². The summed E-state index contributed by atoms with van der Waals surface area (Å²) in [7, 11) is 0. The second-order valence-corrected chi connectivity index (χ2v) is 11.3. The van der Waals surface area contributed by atoms with E-state index in [0.717, 1.165) is 25.7 Å². The van der Waals surface area contributed by atoms with E-state index in [1.54, 1.807) is 11.3 Å². The van der Waals surface area contributed by atoms with Crippen LogP contribution >= 0.6 is 11.3 Å². The van der Waals surface area contributed by atoms with Gasteiger partial charge in [0.1, 0.15) is 5.78 Å². The molecule has 0 radical (unpaired) electrons. The third-order valence-electron chi connectivity index (χ3n) is 9.08. The minimum atomic E-state index is -0.154. The summed E-state index contributed by atoms with van der Waals surface area (Å²) in [6.45, 7) is 7.26. The number of fused-ring (bicyclic) bond motifs is 5. The van der Waals surface area contributed by atoms with E-state index in [0.29, 0.717) is 29.5 Å². The van der Waals surface area contributed by atoms with Gasteiger partial charge in [0, 0.05) is 11.3 Å². The first-order valence-electron chi connectivity index (χ1n) is 10.8. The molecule has 4 aliphatic carbocycles. The SMILES string of the molecule is CC1C=C2CC(O)CC[C@]2(C)[C@@H]2CC[C@]3(C)C(c4cccs4)C(=O)C[C@H]3[C@H]12. The molecule has 5 rings (SSSR count). The Bertz CT molecular complexity index is 780. The second kappa shape index (κ2) is 6.03. The summed E-state index contributed by atoms with van der Waals surface area (Å²) in [4.78, 5) is 14.5. The van der Waals surface area contributed by atoms with E-state index in [9.17, 15) is 9.90 Å². The minimum Gasteiger partial charge on any atom is -0.393 e. The Hall–Kier alpha value is -0.930.